The van der Waals surface area contributed by atoms with Crippen molar-refractivity contribution in [3.63, 3.8) is 0 Å². The molecule has 18 heavy (non-hydrogen) atoms. The Labute approximate surface area is 107 Å². The fourth-order valence-electron chi connectivity index (χ4n) is 2.54. The molecule has 0 saturated heterocycles. The van der Waals surface area contributed by atoms with Crippen molar-refractivity contribution in [3.8, 4) is 0 Å². The first-order valence-corrected chi connectivity index (χ1v) is 6.45. The lowest BCUT2D eigenvalue weighted by molar-refractivity contribution is 0.0696. The number of carbonyl (C=O) groups excluding carboxylic acids is 1. The first-order valence-electron chi connectivity index (χ1n) is 6.45. The molecule has 0 heterocycles. The highest BCUT2D eigenvalue weighted by Gasteiger charge is 2.25. The number of benzene rings is 1. The molecule has 1 aliphatic carbocycles. The van der Waals surface area contributed by atoms with Crippen molar-refractivity contribution in [1.82, 2.24) is 0 Å². The van der Waals surface area contributed by atoms with E-state index in [1.165, 1.54) is 12.1 Å². The minimum atomic E-state index is -0.958. The topological polar surface area (TPSA) is 54.4 Å². The number of hydrogen-bond acceptors (Lipinski definition) is 2. The predicted octanol–water partition coefficient (Wildman–Crippen LogP) is 3.39. The number of hydrogen-bond donors (Lipinski definition) is 1. The van der Waals surface area contributed by atoms with Gasteiger partial charge in [0.05, 0.1) is 5.56 Å². The van der Waals surface area contributed by atoms with Crippen LogP contribution in [0, 0.1) is 11.8 Å². The Balaban J connectivity index is 2.07. The van der Waals surface area contributed by atoms with Crippen molar-refractivity contribution in [2.24, 2.45) is 11.8 Å². The number of carboxylic acid groups (broad SMARTS) is 1. The van der Waals surface area contributed by atoms with Gasteiger partial charge in [0.25, 0.3) is 0 Å². The maximum Gasteiger partial charge on any atom is 0.335 e. The van der Waals surface area contributed by atoms with Crippen LogP contribution >= 0.6 is 0 Å². The molecular formula is C15H18O3. The third kappa shape index (κ3) is 2.78. The lowest BCUT2D eigenvalue weighted by atomic mass is 9.79. The van der Waals surface area contributed by atoms with Crippen LogP contribution in [0.4, 0.5) is 0 Å². The van der Waals surface area contributed by atoms with Crippen molar-refractivity contribution in [2.45, 2.75) is 32.6 Å². The van der Waals surface area contributed by atoms with Crippen LogP contribution in [0.2, 0.25) is 0 Å². The molecule has 0 aliphatic heterocycles. The van der Waals surface area contributed by atoms with Crippen LogP contribution in [0.25, 0.3) is 0 Å². The van der Waals surface area contributed by atoms with Gasteiger partial charge in [-0.15, -0.1) is 0 Å². The Bertz CT molecular complexity index is 439. The molecule has 0 amide bonds. The second kappa shape index (κ2) is 5.34. The highest BCUT2D eigenvalue weighted by Crippen LogP contribution is 2.30. The van der Waals surface area contributed by atoms with Crippen molar-refractivity contribution in [1.29, 1.82) is 0 Å². The van der Waals surface area contributed by atoms with Gasteiger partial charge in [0.15, 0.2) is 5.78 Å². The molecule has 2 rings (SSSR count). The molecule has 96 valence electrons. The van der Waals surface area contributed by atoms with Crippen LogP contribution in [0.5, 0.6) is 0 Å². The average Bonchev–Trinajstić information content (AvgIpc) is 2.39. The van der Waals surface area contributed by atoms with E-state index in [1.54, 1.807) is 12.1 Å². The molecule has 0 unspecified atom stereocenters. The van der Waals surface area contributed by atoms with E-state index in [0.717, 1.165) is 31.6 Å². The van der Waals surface area contributed by atoms with Gasteiger partial charge >= 0.3 is 5.97 Å². The molecule has 1 aromatic rings. The number of carbonyl (C=O) groups is 2. The van der Waals surface area contributed by atoms with Gasteiger partial charge in [-0.1, -0.05) is 31.9 Å². The molecule has 1 N–H and O–H groups in total. The number of Topliss-reactive ketones (excluding diaryl/α,β-unsaturated/α-hetero) is 1. The fraction of sp³-hybridized carbons (Fsp3) is 0.467. The molecule has 0 radical (unpaired) electrons. The molecule has 1 aromatic carbocycles. The largest absolute Gasteiger partial charge is 0.478 e. The molecule has 3 nitrogen and oxygen atoms in total. The first kappa shape index (κ1) is 12.8. The Hall–Kier alpha value is -1.64. The zero-order valence-corrected chi connectivity index (χ0v) is 10.6. The minimum Gasteiger partial charge on any atom is -0.478 e. The monoisotopic (exact) mass is 246 g/mol. The van der Waals surface area contributed by atoms with Crippen molar-refractivity contribution in [2.75, 3.05) is 0 Å². The highest BCUT2D eigenvalue weighted by atomic mass is 16.4. The first-order chi connectivity index (χ1) is 8.58. The maximum absolute atomic E-state index is 12.2. The van der Waals surface area contributed by atoms with Gasteiger partial charge in [-0.3, -0.25) is 4.79 Å². The zero-order valence-electron chi connectivity index (χ0n) is 10.6. The number of aromatic carboxylic acids is 1. The molecule has 1 aliphatic rings. The number of ketones is 1. The fourth-order valence-corrected chi connectivity index (χ4v) is 2.54. The van der Waals surface area contributed by atoms with E-state index in [4.69, 9.17) is 5.11 Å². The van der Waals surface area contributed by atoms with Gasteiger partial charge in [0, 0.05) is 11.5 Å². The molecule has 3 heteroatoms. The summed E-state index contributed by atoms with van der Waals surface area (Å²) in [6, 6.07) is 6.26. The van der Waals surface area contributed by atoms with E-state index in [9.17, 15) is 9.59 Å². The molecular weight excluding hydrogens is 228 g/mol. The minimum absolute atomic E-state index is 0.122. The van der Waals surface area contributed by atoms with E-state index >= 15 is 0 Å². The van der Waals surface area contributed by atoms with E-state index in [0.29, 0.717) is 5.56 Å². The summed E-state index contributed by atoms with van der Waals surface area (Å²) < 4.78 is 0. The van der Waals surface area contributed by atoms with Gasteiger partial charge in [-0.2, -0.15) is 0 Å². The van der Waals surface area contributed by atoms with Gasteiger partial charge in [0.2, 0.25) is 0 Å². The summed E-state index contributed by atoms with van der Waals surface area (Å²) in [5.41, 5.74) is 0.864. The molecule has 0 bridgehead atoms. The van der Waals surface area contributed by atoms with Crippen LogP contribution in [-0.4, -0.2) is 16.9 Å². The van der Waals surface area contributed by atoms with Gasteiger partial charge < -0.3 is 5.11 Å². The lowest BCUT2D eigenvalue weighted by Crippen LogP contribution is -2.21. The number of carboxylic acids is 1. The van der Waals surface area contributed by atoms with Gasteiger partial charge in [-0.25, -0.2) is 4.79 Å². The van der Waals surface area contributed by atoms with Crippen LogP contribution in [0.1, 0.15) is 53.3 Å². The quantitative estimate of drug-likeness (QED) is 0.832. The second-order valence-electron chi connectivity index (χ2n) is 5.20. The summed E-state index contributed by atoms with van der Waals surface area (Å²) in [5.74, 6) is 0.0552. The van der Waals surface area contributed by atoms with Crippen LogP contribution in [-0.2, 0) is 0 Å². The van der Waals surface area contributed by atoms with Crippen LogP contribution in [0.3, 0.4) is 0 Å². The zero-order chi connectivity index (χ0) is 13.1. The summed E-state index contributed by atoms with van der Waals surface area (Å²) in [5, 5.41) is 8.81. The standard InChI is InChI=1S/C15H18O3/c1-10-2-4-11(5-3-10)14(16)12-6-8-13(9-7-12)15(17)18/h6-11H,2-5H2,1H3,(H,17,18). The van der Waals surface area contributed by atoms with Gasteiger partial charge in [0.1, 0.15) is 0 Å². The average molecular weight is 246 g/mol. The molecule has 0 atom stereocenters. The van der Waals surface area contributed by atoms with E-state index in [2.05, 4.69) is 6.92 Å². The SMILES string of the molecule is CC1CCC(C(=O)c2ccc(C(=O)O)cc2)CC1. The predicted molar refractivity (Wildman–Crippen MR) is 68.9 cm³/mol. The Morgan fingerprint density at radius 1 is 1.00 bits per heavy atom. The van der Waals surface area contributed by atoms with Crippen LogP contribution in [0.15, 0.2) is 24.3 Å². The normalized spacial score (nSPS) is 23.6. The molecule has 0 spiro atoms. The molecule has 1 fully saturated rings. The van der Waals surface area contributed by atoms with E-state index < -0.39 is 5.97 Å². The smallest absolute Gasteiger partial charge is 0.335 e. The number of rotatable bonds is 3. The van der Waals surface area contributed by atoms with Crippen molar-refractivity contribution >= 4 is 11.8 Å². The summed E-state index contributed by atoms with van der Waals surface area (Å²) in [7, 11) is 0. The molecule has 1 saturated carbocycles. The highest BCUT2D eigenvalue weighted by molar-refractivity contribution is 5.98. The summed E-state index contributed by atoms with van der Waals surface area (Å²) in [6.07, 6.45) is 4.15. The summed E-state index contributed by atoms with van der Waals surface area (Å²) in [4.78, 5) is 23.0. The van der Waals surface area contributed by atoms with Crippen molar-refractivity contribution < 1.29 is 14.7 Å². The molecule has 0 aromatic heterocycles. The summed E-state index contributed by atoms with van der Waals surface area (Å²) >= 11 is 0. The third-order valence-corrected chi connectivity index (χ3v) is 3.80. The summed E-state index contributed by atoms with van der Waals surface area (Å²) in [6.45, 7) is 2.22. The van der Waals surface area contributed by atoms with E-state index in [1.807, 2.05) is 0 Å². The van der Waals surface area contributed by atoms with E-state index in [-0.39, 0.29) is 17.3 Å². The Morgan fingerprint density at radius 3 is 2.00 bits per heavy atom. The van der Waals surface area contributed by atoms with Crippen molar-refractivity contribution in [3.05, 3.63) is 35.4 Å². The maximum atomic E-state index is 12.2. The lowest BCUT2D eigenvalue weighted by Gasteiger charge is -2.25. The van der Waals surface area contributed by atoms with Crippen LogP contribution < -0.4 is 0 Å². The van der Waals surface area contributed by atoms with Gasteiger partial charge in [-0.05, 0) is 30.9 Å². The third-order valence-electron chi connectivity index (χ3n) is 3.80. The second-order valence-corrected chi connectivity index (χ2v) is 5.20. The Morgan fingerprint density at radius 2 is 1.50 bits per heavy atom. The Kier molecular flexibility index (Phi) is 3.80.